The van der Waals surface area contributed by atoms with Crippen molar-refractivity contribution in [1.82, 2.24) is 19.8 Å². The topological polar surface area (TPSA) is 61.8 Å². The Balaban J connectivity index is 1.26. The van der Waals surface area contributed by atoms with Crippen LogP contribution in [0.2, 0.25) is 0 Å². The van der Waals surface area contributed by atoms with Gasteiger partial charge in [-0.3, -0.25) is 4.79 Å². The highest BCUT2D eigenvalue weighted by Gasteiger charge is 2.46. The average molecular weight is 538 g/mol. The second-order valence-electron chi connectivity index (χ2n) is 12.5. The zero-order valence-electron chi connectivity index (χ0n) is 24.0. The van der Waals surface area contributed by atoms with Crippen molar-refractivity contribution in [3.63, 3.8) is 0 Å². The Hall–Kier alpha value is -2.74. The molecule has 0 radical (unpaired) electrons. The third-order valence-electron chi connectivity index (χ3n) is 8.91. The first kappa shape index (κ1) is 27.8. The van der Waals surface area contributed by atoms with E-state index in [4.69, 9.17) is 4.74 Å². The van der Waals surface area contributed by atoms with Crippen LogP contribution in [-0.2, 0) is 0 Å². The van der Waals surface area contributed by atoms with Crippen molar-refractivity contribution in [2.45, 2.75) is 84.7 Å². The van der Waals surface area contributed by atoms with Crippen LogP contribution in [0, 0.1) is 17.2 Å². The van der Waals surface area contributed by atoms with Crippen molar-refractivity contribution < 1.29 is 13.9 Å². The van der Waals surface area contributed by atoms with Crippen LogP contribution in [0.15, 0.2) is 30.7 Å². The number of ether oxygens (including phenoxy) is 1. The van der Waals surface area contributed by atoms with Crippen molar-refractivity contribution in [1.29, 1.82) is 0 Å². The van der Waals surface area contributed by atoms with Gasteiger partial charge >= 0.3 is 0 Å². The smallest absolute Gasteiger partial charge is 0.258 e. The van der Waals surface area contributed by atoms with Gasteiger partial charge in [0.2, 0.25) is 0 Å². The van der Waals surface area contributed by atoms with Gasteiger partial charge in [-0.1, -0.05) is 19.3 Å². The predicted molar refractivity (Wildman–Crippen MR) is 152 cm³/mol. The molecule has 1 amide bonds. The molecule has 0 N–H and O–H groups in total. The second kappa shape index (κ2) is 11.8. The van der Waals surface area contributed by atoms with Gasteiger partial charge in [0.05, 0.1) is 11.8 Å². The summed E-state index contributed by atoms with van der Waals surface area (Å²) in [4.78, 5) is 28.9. The van der Waals surface area contributed by atoms with E-state index in [0.717, 1.165) is 24.8 Å². The maximum Gasteiger partial charge on any atom is 0.258 e. The summed E-state index contributed by atoms with van der Waals surface area (Å²) in [5.41, 5.74) is 0.537. The maximum atomic E-state index is 14.3. The molecule has 2 aliphatic heterocycles. The lowest BCUT2D eigenvalue weighted by atomic mass is 9.71. The summed E-state index contributed by atoms with van der Waals surface area (Å²) in [5, 5.41) is 0. The number of halogens is 1. The second-order valence-corrected chi connectivity index (χ2v) is 12.5. The molecule has 1 aliphatic carbocycles. The molecule has 1 aromatic heterocycles. The molecule has 0 unspecified atom stereocenters. The number of likely N-dealkylation sites (tertiary alicyclic amines) is 1. The summed E-state index contributed by atoms with van der Waals surface area (Å²) in [6, 6.07) is 4.05. The van der Waals surface area contributed by atoms with E-state index in [9.17, 15) is 9.18 Å². The summed E-state index contributed by atoms with van der Waals surface area (Å²) in [6.07, 6.45) is 12.6. The number of piperidine rings is 1. The Morgan fingerprint density at radius 1 is 1.08 bits per heavy atom. The average Bonchev–Trinajstić information content (AvgIpc) is 2.89. The van der Waals surface area contributed by atoms with Gasteiger partial charge in [-0.05, 0) is 90.6 Å². The zero-order chi connectivity index (χ0) is 27.6. The molecule has 1 spiro atoms. The van der Waals surface area contributed by atoms with E-state index in [-0.39, 0.29) is 23.6 Å². The fraction of sp³-hybridized carbons (Fsp3) is 0.645. The SMILES string of the molecule is CC(C)N(C(=O)c1cc(F)ccc1Oc1cncnc1N1CC2(CCN(CC3CCCCC3)CC2)C1)C(C)C. The highest BCUT2D eigenvalue weighted by molar-refractivity contribution is 5.97. The first-order valence-corrected chi connectivity index (χ1v) is 14.8. The number of hydrogen-bond acceptors (Lipinski definition) is 6. The normalized spacial score (nSPS) is 19.9. The van der Waals surface area contributed by atoms with E-state index < -0.39 is 5.82 Å². The molecule has 212 valence electrons. The fourth-order valence-electron chi connectivity index (χ4n) is 6.88. The van der Waals surface area contributed by atoms with Gasteiger partial charge in [0.25, 0.3) is 5.91 Å². The van der Waals surface area contributed by atoms with Crippen molar-refractivity contribution >= 4 is 11.7 Å². The molecule has 2 saturated heterocycles. The Morgan fingerprint density at radius 2 is 1.77 bits per heavy atom. The summed E-state index contributed by atoms with van der Waals surface area (Å²) in [5.74, 6) is 1.70. The van der Waals surface area contributed by atoms with E-state index >= 15 is 0 Å². The Morgan fingerprint density at radius 3 is 2.44 bits per heavy atom. The van der Waals surface area contributed by atoms with Gasteiger partial charge < -0.3 is 19.4 Å². The van der Waals surface area contributed by atoms with Crippen molar-refractivity contribution in [2.24, 2.45) is 11.3 Å². The summed E-state index contributed by atoms with van der Waals surface area (Å²) >= 11 is 0. The van der Waals surface area contributed by atoms with Crippen molar-refractivity contribution in [3.05, 3.63) is 42.1 Å². The molecular formula is C31H44FN5O2. The minimum atomic E-state index is -0.470. The standard InChI is InChI=1S/C31H44FN5O2/c1-22(2)37(23(3)4)30(38)26-16-25(32)10-11-27(26)39-28-17-33-21-34-29(28)36-19-31(20-36)12-14-35(15-13-31)18-24-8-6-5-7-9-24/h10-11,16-17,21-24H,5-9,12-15,18-20H2,1-4H3. The van der Waals surface area contributed by atoms with Crippen LogP contribution < -0.4 is 9.64 Å². The Bertz CT molecular complexity index is 1130. The fourth-order valence-corrected chi connectivity index (χ4v) is 6.88. The highest BCUT2D eigenvalue weighted by atomic mass is 19.1. The van der Waals surface area contributed by atoms with E-state index in [1.165, 1.54) is 89.1 Å². The minimum Gasteiger partial charge on any atom is -0.451 e. The van der Waals surface area contributed by atoms with Crippen LogP contribution in [0.25, 0.3) is 0 Å². The molecule has 0 bridgehead atoms. The van der Waals surface area contributed by atoms with Gasteiger partial charge in [0.15, 0.2) is 11.6 Å². The molecule has 3 fully saturated rings. The monoisotopic (exact) mass is 537 g/mol. The number of benzene rings is 1. The molecule has 8 heteroatoms. The van der Waals surface area contributed by atoms with Gasteiger partial charge in [0, 0.05) is 37.1 Å². The van der Waals surface area contributed by atoms with Crippen LogP contribution in [0.4, 0.5) is 10.2 Å². The lowest BCUT2D eigenvalue weighted by molar-refractivity contribution is 0.0626. The van der Waals surface area contributed by atoms with Crippen molar-refractivity contribution in [3.8, 4) is 11.5 Å². The molecule has 5 rings (SSSR count). The largest absolute Gasteiger partial charge is 0.451 e. The Labute approximate surface area is 232 Å². The van der Waals surface area contributed by atoms with Crippen LogP contribution in [0.1, 0.15) is 83.0 Å². The number of aromatic nitrogens is 2. The molecule has 3 aliphatic rings. The Kier molecular flexibility index (Phi) is 8.40. The molecule has 7 nitrogen and oxygen atoms in total. The maximum absolute atomic E-state index is 14.3. The number of carbonyl (C=O) groups excluding carboxylic acids is 1. The zero-order valence-corrected chi connectivity index (χ0v) is 24.0. The molecule has 1 aromatic carbocycles. The third-order valence-corrected chi connectivity index (χ3v) is 8.91. The number of rotatable bonds is 8. The summed E-state index contributed by atoms with van der Waals surface area (Å²) in [7, 11) is 0. The number of hydrogen-bond donors (Lipinski definition) is 0. The molecule has 1 saturated carbocycles. The number of nitrogens with zero attached hydrogens (tertiary/aromatic N) is 5. The quantitative estimate of drug-likeness (QED) is 0.403. The van der Waals surface area contributed by atoms with Crippen molar-refractivity contribution in [2.75, 3.05) is 37.6 Å². The third kappa shape index (κ3) is 6.21. The van der Waals surface area contributed by atoms with Crippen LogP contribution in [0.5, 0.6) is 11.5 Å². The summed E-state index contributed by atoms with van der Waals surface area (Å²) in [6.45, 7) is 13.4. The van der Waals surface area contributed by atoms with Gasteiger partial charge in [-0.25, -0.2) is 14.4 Å². The highest BCUT2D eigenvalue weighted by Crippen LogP contribution is 2.45. The molecule has 2 aromatic rings. The lowest BCUT2D eigenvalue weighted by Gasteiger charge is -2.54. The number of carbonyl (C=O) groups is 1. The van der Waals surface area contributed by atoms with Gasteiger partial charge in [-0.15, -0.1) is 0 Å². The van der Waals surface area contributed by atoms with Crippen LogP contribution in [0.3, 0.4) is 0 Å². The van der Waals surface area contributed by atoms with Crippen LogP contribution in [-0.4, -0.2) is 70.5 Å². The molecular weight excluding hydrogens is 493 g/mol. The van der Waals surface area contributed by atoms with Gasteiger partial charge in [0.1, 0.15) is 17.9 Å². The predicted octanol–water partition coefficient (Wildman–Crippen LogP) is 6.15. The lowest BCUT2D eigenvalue weighted by Crippen LogP contribution is -2.61. The first-order chi connectivity index (χ1) is 18.7. The minimum absolute atomic E-state index is 0.0319. The van der Waals surface area contributed by atoms with E-state index in [2.05, 4.69) is 19.8 Å². The number of amides is 1. The first-order valence-electron chi connectivity index (χ1n) is 14.8. The van der Waals surface area contributed by atoms with Crippen LogP contribution >= 0.6 is 0 Å². The van der Waals surface area contributed by atoms with E-state index in [1.54, 1.807) is 11.1 Å². The molecule has 0 atom stereocenters. The summed E-state index contributed by atoms with van der Waals surface area (Å²) < 4.78 is 20.6. The van der Waals surface area contributed by atoms with E-state index in [1.807, 2.05) is 27.7 Å². The molecule has 3 heterocycles. The van der Waals surface area contributed by atoms with Gasteiger partial charge in [-0.2, -0.15) is 0 Å². The number of anilines is 1. The van der Waals surface area contributed by atoms with E-state index in [0.29, 0.717) is 16.9 Å². The molecule has 39 heavy (non-hydrogen) atoms.